The highest BCUT2D eigenvalue weighted by Gasteiger charge is 2.02. The van der Waals surface area contributed by atoms with Crippen LogP contribution in [0.3, 0.4) is 0 Å². The van der Waals surface area contributed by atoms with Crippen molar-refractivity contribution in [2.24, 2.45) is 0 Å². The summed E-state index contributed by atoms with van der Waals surface area (Å²) < 4.78 is 0. The quantitative estimate of drug-likeness (QED) is 0.269. The van der Waals surface area contributed by atoms with Gasteiger partial charge < -0.3 is 5.11 Å². The lowest BCUT2D eigenvalue weighted by molar-refractivity contribution is -0.137. The number of hydrogen-bond donors (Lipinski definition) is 1. The molecule has 0 heterocycles. The summed E-state index contributed by atoms with van der Waals surface area (Å²) in [6, 6.07) is 0. The predicted octanol–water partition coefficient (Wildman–Crippen LogP) is 5.82. The Morgan fingerprint density at radius 3 is 1.96 bits per heavy atom. The summed E-state index contributed by atoms with van der Waals surface area (Å²) in [5, 5.41) is 8.67. The minimum atomic E-state index is -0.738. The molecule has 1 N–H and O–H groups in total. The van der Waals surface area contributed by atoms with Crippen molar-refractivity contribution in [3.8, 4) is 0 Å². The van der Waals surface area contributed by atoms with Crippen molar-refractivity contribution >= 4 is 5.97 Å². The SMILES string of the molecule is CCCCCC=CCC=CCCCCCCCCN(C)CC(=O)O. The van der Waals surface area contributed by atoms with E-state index in [9.17, 15) is 4.79 Å². The van der Waals surface area contributed by atoms with Crippen LogP contribution in [0.4, 0.5) is 0 Å². The summed E-state index contributed by atoms with van der Waals surface area (Å²) in [6.07, 6.45) is 24.2. The van der Waals surface area contributed by atoms with Gasteiger partial charge in [0.1, 0.15) is 0 Å². The number of hydrogen-bond acceptors (Lipinski definition) is 2. The highest BCUT2D eigenvalue weighted by Crippen LogP contribution is 2.08. The van der Waals surface area contributed by atoms with Crippen molar-refractivity contribution in [3.05, 3.63) is 24.3 Å². The maximum atomic E-state index is 10.5. The van der Waals surface area contributed by atoms with E-state index < -0.39 is 5.97 Å². The third-order valence-corrected chi connectivity index (χ3v) is 4.15. The third kappa shape index (κ3) is 19.0. The van der Waals surface area contributed by atoms with Gasteiger partial charge in [0.15, 0.2) is 0 Å². The van der Waals surface area contributed by atoms with Gasteiger partial charge in [-0.25, -0.2) is 0 Å². The van der Waals surface area contributed by atoms with Gasteiger partial charge in [0.2, 0.25) is 0 Å². The molecular weight excluding hydrogens is 298 g/mol. The van der Waals surface area contributed by atoms with Crippen LogP contribution in [0.15, 0.2) is 24.3 Å². The lowest BCUT2D eigenvalue weighted by Crippen LogP contribution is -2.26. The molecule has 0 radical (unpaired) electrons. The summed E-state index contributed by atoms with van der Waals surface area (Å²) in [5.74, 6) is -0.738. The molecule has 0 saturated heterocycles. The molecule has 3 heteroatoms. The molecule has 140 valence electrons. The summed E-state index contributed by atoms with van der Waals surface area (Å²) >= 11 is 0. The van der Waals surface area contributed by atoms with Crippen LogP contribution in [0.1, 0.15) is 84.0 Å². The van der Waals surface area contributed by atoms with E-state index in [-0.39, 0.29) is 6.54 Å². The van der Waals surface area contributed by atoms with Gasteiger partial charge in [-0.05, 0) is 52.1 Å². The number of unbranched alkanes of at least 4 members (excludes halogenated alkanes) is 9. The molecule has 0 fully saturated rings. The monoisotopic (exact) mass is 337 g/mol. The number of carboxylic acids is 1. The van der Waals surface area contributed by atoms with Crippen molar-refractivity contribution in [1.29, 1.82) is 0 Å². The average molecular weight is 338 g/mol. The lowest BCUT2D eigenvalue weighted by atomic mass is 10.1. The van der Waals surface area contributed by atoms with Crippen molar-refractivity contribution in [2.45, 2.75) is 84.0 Å². The van der Waals surface area contributed by atoms with Crippen LogP contribution in [0.5, 0.6) is 0 Å². The molecule has 0 bridgehead atoms. The Kier molecular flexibility index (Phi) is 17.4. The van der Waals surface area contributed by atoms with Crippen LogP contribution >= 0.6 is 0 Å². The fourth-order valence-electron chi connectivity index (χ4n) is 2.68. The Balaban J connectivity index is 3.24. The molecule has 3 nitrogen and oxygen atoms in total. The van der Waals surface area contributed by atoms with Crippen molar-refractivity contribution < 1.29 is 9.90 Å². The van der Waals surface area contributed by atoms with Gasteiger partial charge in [0.25, 0.3) is 0 Å². The zero-order valence-electron chi connectivity index (χ0n) is 16.0. The number of carboxylic acid groups (broad SMARTS) is 1. The zero-order valence-corrected chi connectivity index (χ0v) is 16.0. The van der Waals surface area contributed by atoms with Crippen molar-refractivity contribution in [2.75, 3.05) is 20.1 Å². The van der Waals surface area contributed by atoms with E-state index in [4.69, 9.17) is 5.11 Å². The summed E-state index contributed by atoms with van der Waals surface area (Å²) in [5.41, 5.74) is 0. The van der Waals surface area contributed by atoms with Crippen LogP contribution < -0.4 is 0 Å². The molecule has 24 heavy (non-hydrogen) atoms. The number of allylic oxidation sites excluding steroid dienone is 4. The summed E-state index contributed by atoms with van der Waals surface area (Å²) in [7, 11) is 1.88. The molecule has 0 saturated carbocycles. The highest BCUT2D eigenvalue weighted by atomic mass is 16.4. The lowest BCUT2D eigenvalue weighted by Gasteiger charge is -2.13. The van der Waals surface area contributed by atoms with E-state index in [1.807, 2.05) is 11.9 Å². The maximum Gasteiger partial charge on any atom is 0.317 e. The Labute approximate surface area is 149 Å². The largest absolute Gasteiger partial charge is 0.480 e. The molecule has 0 aromatic carbocycles. The van der Waals surface area contributed by atoms with E-state index in [1.54, 1.807) is 0 Å². The molecule has 0 rings (SSSR count). The molecule has 0 amide bonds. The van der Waals surface area contributed by atoms with Gasteiger partial charge in [-0.2, -0.15) is 0 Å². The maximum absolute atomic E-state index is 10.5. The van der Waals surface area contributed by atoms with Crippen LogP contribution in [-0.4, -0.2) is 36.1 Å². The van der Waals surface area contributed by atoms with Crippen LogP contribution in [-0.2, 0) is 4.79 Å². The van der Waals surface area contributed by atoms with Crippen molar-refractivity contribution in [1.82, 2.24) is 4.90 Å². The summed E-state index contributed by atoms with van der Waals surface area (Å²) in [4.78, 5) is 12.4. The zero-order chi connectivity index (χ0) is 17.9. The molecule has 0 aliphatic rings. The topological polar surface area (TPSA) is 40.5 Å². The molecule has 0 aromatic heterocycles. The Morgan fingerprint density at radius 2 is 1.38 bits per heavy atom. The van der Waals surface area contributed by atoms with Gasteiger partial charge in [0, 0.05) is 0 Å². The van der Waals surface area contributed by atoms with E-state index in [0.717, 1.165) is 19.4 Å². The minimum Gasteiger partial charge on any atom is -0.480 e. The first-order chi connectivity index (χ1) is 11.7. The molecule has 0 atom stereocenters. The number of aliphatic carboxylic acids is 1. The Morgan fingerprint density at radius 1 is 0.833 bits per heavy atom. The molecule has 0 spiro atoms. The second-order valence-corrected chi connectivity index (χ2v) is 6.72. The average Bonchev–Trinajstić information content (AvgIpc) is 2.53. The Bertz CT molecular complexity index is 337. The van der Waals surface area contributed by atoms with Crippen LogP contribution in [0.2, 0.25) is 0 Å². The van der Waals surface area contributed by atoms with E-state index in [0.29, 0.717) is 0 Å². The minimum absolute atomic E-state index is 0.153. The first-order valence-electron chi connectivity index (χ1n) is 9.87. The van der Waals surface area contributed by atoms with E-state index in [1.165, 1.54) is 64.2 Å². The fraction of sp³-hybridized carbons (Fsp3) is 0.762. The highest BCUT2D eigenvalue weighted by molar-refractivity contribution is 5.68. The third-order valence-electron chi connectivity index (χ3n) is 4.15. The molecule has 0 aliphatic heterocycles. The predicted molar refractivity (Wildman–Crippen MR) is 104 cm³/mol. The standard InChI is InChI=1S/C21H39NO2/c1-3-4-5-6-7-8-9-10-11-12-13-14-15-16-17-18-19-22(2)20-21(23)24/h7-8,10-11H,3-6,9,12-20H2,1-2H3,(H,23,24). The van der Waals surface area contributed by atoms with Gasteiger partial charge >= 0.3 is 5.97 Å². The number of rotatable bonds is 17. The summed E-state index contributed by atoms with van der Waals surface area (Å²) in [6.45, 7) is 3.29. The van der Waals surface area contributed by atoms with Gasteiger partial charge in [-0.3, -0.25) is 9.69 Å². The Hall–Kier alpha value is -1.09. The van der Waals surface area contributed by atoms with E-state index >= 15 is 0 Å². The van der Waals surface area contributed by atoms with Gasteiger partial charge in [0.05, 0.1) is 6.54 Å². The normalized spacial score (nSPS) is 12.0. The van der Waals surface area contributed by atoms with Gasteiger partial charge in [-0.1, -0.05) is 69.8 Å². The second kappa shape index (κ2) is 18.3. The smallest absolute Gasteiger partial charge is 0.317 e. The van der Waals surface area contributed by atoms with Crippen molar-refractivity contribution in [3.63, 3.8) is 0 Å². The van der Waals surface area contributed by atoms with Gasteiger partial charge in [-0.15, -0.1) is 0 Å². The van der Waals surface area contributed by atoms with Crippen LogP contribution in [0.25, 0.3) is 0 Å². The number of nitrogens with zero attached hydrogens (tertiary/aromatic N) is 1. The first-order valence-corrected chi connectivity index (χ1v) is 9.87. The fourth-order valence-corrected chi connectivity index (χ4v) is 2.68. The number of likely N-dealkylation sites (N-methyl/N-ethyl adjacent to an activating group) is 1. The second-order valence-electron chi connectivity index (χ2n) is 6.72. The number of carbonyl (C=O) groups is 1. The van der Waals surface area contributed by atoms with Crippen LogP contribution in [0, 0.1) is 0 Å². The first kappa shape index (κ1) is 22.9. The van der Waals surface area contributed by atoms with E-state index in [2.05, 4.69) is 31.2 Å². The molecular formula is C21H39NO2. The molecule has 0 aliphatic carbocycles. The molecule has 0 unspecified atom stereocenters. The molecule has 0 aromatic rings.